The minimum Gasteiger partial charge on any atom is -0.497 e. The Morgan fingerprint density at radius 3 is 1.94 bits per heavy atom. The SMILES string of the molecule is COCCOCOc1c(F)cc(C(ON=S2C=C(CC(=O)N[C@H]3C(=O)N4C(C(=O)OCc5ccc(OC)cc5)=C(C=CCN5c6cccnc6SC5N)CSC34)N=C2NC(c2ccccc2)(c2ccccc2)c2ccccc2)C(=O)OC(c2ccccc2)c2ccccc2)c(F)c1OCOCCOC.I. The lowest BCUT2D eigenvalue weighted by Gasteiger charge is -2.49. The van der Waals surface area contributed by atoms with Crippen molar-refractivity contribution in [3.63, 3.8) is 0 Å². The van der Waals surface area contributed by atoms with E-state index in [0.29, 0.717) is 34.6 Å². The van der Waals surface area contributed by atoms with Crippen LogP contribution in [0.4, 0.5) is 14.5 Å². The van der Waals surface area contributed by atoms with Crippen LogP contribution >= 0.6 is 47.5 Å². The fourth-order valence-corrected chi connectivity index (χ4v) is 15.5. The molecule has 12 rings (SSSR count). The quantitative estimate of drug-likeness (QED) is 0.00657. The molecule has 546 valence electrons. The van der Waals surface area contributed by atoms with Gasteiger partial charge in [0.2, 0.25) is 23.5 Å². The van der Waals surface area contributed by atoms with Gasteiger partial charge in [-0.1, -0.05) is 192 Å². The lowest BCUT2D eigenvalue weighted by atomic mass is 9.77. The number of carbonyl (C=O) groups excluding carboxylic acids is 4. The van der Waals surface area contributed by atoms with Crippen LogP contribution in [0.15, 0.2) is 249 Å². The highest BCUT2D eigenvalue weighted by atomic mass is 127. The molecule has 0 radical (unpaired) electrons. The summed E-state index contributed by atoms with van der Waals surface area (Å²) in [7, 11) is 2.70. The molecular formula is C77H75F2IN8O14S3. The Balaban J connectivity index is 0.0000110. The van der Waals surface area contributed by atoms with Gasteiger partial charge in [0.15, 0.2) is 36.5 Å². The molecule has 4 N–H and O–H groups in total. The number of β-lactam (4-membered cyclic amide) rings is 1. The number of anilines is 1. The van der Waals surface area contributed by atoms with Crippen LogP contribution in [0.5, 0.6) is 17.2 Å². The molecular weight excluding hydrogens is 1520 g/mol. The summed E-state index contributed by atoms with van der Waals surface area (Å²) in [5.41, 5.74) is 9.67. The number of nitrogens with one attached hydrogen (secondary N) is 2. The van der Waals surface area contributed by atoms with Crippen LogP contribution < -0.4 is 35.5 Å². The molecule has 1 saturated heterocycles. The van der Waals surface area contributed by atoms with Gasteiger partial charge in [0.05, 0.1) is 51.3 Å². The zero-order valence-electron chi connectivity index (χ0n) is 57.2. The van der Waals surface area contributed by atoms with Crippen molar-refractivity contribution in [1.29, 1.82) is 0 Å². The van der Waals surface area contributed by atoms with E-state index < -0.39 is 118 Å². The minimum absolute atomic E-state index is 0. The number of methoxy groups -OCH3 is 3. The van der Waals surface area contributed by atoms with Crippen molar-refractivity contribution in [2.75, 3.05) is 78.5 Å². The molecule has 0 saturated carbocycles. The Kier molecular flexibility index (Phi) is 27.1. The zero-order chi connectivity index (χ0) is 72.4. The highest BCUT2D eigenvalue weighted by molar-refractivity contribution is 14.0. The van der Waals surface area contributed by atoms with Gasteiger partial charge in [0, 0.05) is 54.4 Å². The topological polar surface area (TPSA) is 255 Å². The number of esters is 2. The molecule has 4 unspecified atom stereocenters. The molecule has 0 aliphatic carbocycles. The van der Waals surface area contributed by atoms with E-state index in [4.69, 9.17) is 62.7 Å². The first kappa shape index (κ1) is 76.8. The minimum atomic E-state index is -2.22. The van der Waals surface area contributed by atoms with Gasteiger partial charge < -0.3 is 63.9 Å². The molecule has 0 spiro atoms. The monoisotopic (exact) mass is 1600 g/mol. The number of thioether (sulfide) groups is 2. The number of aromatic nitrogens is 1. The van der Waals surface area contributed by atoms with Crippen LogP contribution in [0.3, 0.4) is 0 Å². The average Bonchev–Trinajstić information content (AvgIpc) is 1.30. The van der Waals surface area contributed by atoms with Crippen LogP contribution in [0.2, 0.25) is 0 Å². The third-order valence-corrected chi connectivity index (χ3v) is 20.6. The van der Waals surface area contributed by atoms with Gasteiger partial charge in [-0.05, 0) is 69.3 Å². The number of amides is 2. The summed E-state index contributed by atoms with van der Waals surface area (Å²) < 4.78 is 89.9. The zero-order valence-corrected chi connectivity index (χ0v) is 61.9. The first-order chi connectivity index (χ1) is 50.9. The largest absolute Gasteiger partial charge is 0.497 e. The number of ether oxygens (including phenoxy) is 9. The second kappa shape index (κ2) is 37.1. The highest BCUT2D eigenvalue weighted by Gasteiger charge is 2.54. The second-order valence-corrected chi connectivity index (χ2v) is 27.2. The highest BCUT2D eigenvalue weighted by Crippen LogP contribution is 2.45. The van der Waals surface area contributed by atoms with Crippen LogP contribution in [-0.2, 0) is 75.3 Å². The van der Waals surface area contributed by atoms with Crippen LogP contribution in [-0.4, -0.2) is 129 Å². The first-order valence-corrected chi connectivity index (χ1v) is 36.2. The molecule has 0 bridgehead atoms. The van der Waals surface area contributed by atoms with E-state index >= 15 is 13.6 Å². The maximum Gasteiger partial charge on any atom is 0.355 e. The number of amidine groups is 1. The van der Waals surface area contributed by atoms with Gasteiger partial charge in [-0.3, -0.25) is 14.5 Å². The normalized spacial score (nSPS) is 17.1. The van der Waals surface area contributed by atoms with E-state index in [1.165, 1.54) is 42.6 Å². The van der Waals surface area contributed by atoms with Crippen molar-refractivity contribution in [2.24, 2.45) is 15.3 Å². The van der Waals surface area contributed by atoms with Gasteiger partial charge in [-0.2, -0.15) is 0 Å². The number of hydrogen-bond donors (Lipinski definition) is 3. The van der Waals surface area contributed by atoms with E-state index in [9.17, 15) is 14.4 Å². The summed E-state index contributed by atoms with van der Waals surface area (Å²) >= 11 is 2.79. The van der Waals surface area contributed by atoms with Crippen molar-refractivity contribution in [2.45, 2.75) is 52.7 Å². The molecule has 22 nitrogen and oxygen atoms in total. The summed E-state index contributed by atoms with van der Waals surface area (Å²) in [5, 5.41) is 8.37. The summed E-state index contributed by atoms with van der Waals surface area (Å²) in [6.07, 6.45) is 1.59. The maximum absolute atomic E-state index is 17.9. The van der Waals surface area contributed by atoms with Crippen LogP contribution in [0.25, 0.3) is 0 Å². The van der Waals surface area contributed by atoms with Gasteiger partial charge >= 0.3 is 11.9 Å². The average molecular weight is 1600 g/mol. The molecule has 4 aliphatic rings. The van der Waals surface area contributed by atoms with E-state index in [-0.39, 0.29) is 79.3 Å². The van der Waals surface area contributed by atoms with E-state index in [1.807, 2.05) is 114 Å². The molecule has 8 aromatic rings. The maximum atomic E-state index is 17.9. The molecule has 5 heterocycles. The second-order valence-electron chi connectivity index (χ2n) is 23.6. The van der Waals surface area contributed by atoms with Gasteiger partial charge in [0.25, 0.3) is 5.91 Å². The number of carbonyl (C=O) groups is 4. The number of benzene rings is 7. The number of pyridine rings is 1. The summed E-state index contributed by atoms with van der Waals surface area (Å²) in [4.78, 5) is 78.6. The van der Waals surface area contributed by atoms with Crippen LogP contribution in [0.1, 0.15) is 57.6 Å². The van der Waals surface area contributed by atoms with Crippen molar-refractivity contribution in [1.82, 2.24) is 20.5 Å². The molecule has 28 heteroatoms. The molecule has 1 aromatic heterocycles. The predicted octanol–water partition coefficient (Wildman–Crippen LogP) is 12.1. The molecule has 105 heavy (non-hydrogen) atoms. The Hall–Kier alpha value is -9.34. The Morgan fingerprint density at radius 1 is 0.762 bits per heavy atom. The van der Waals surface area contributed by atoms with Crippen molar-refractivity contribution in [3.8, 4) is 17.2 Å². The number of fused-ring (bicyclic) bond motifs is 2. The van der Waals surface area contributed by atoms with Crippen molar-refractivity contribution in [3.05, 3.63) is 285 Å². The number of halogens is 3. The molecule has 4 aliphatic heterocycles. The summed E-state index contributed by atoms with van der Waals surface area (Å²) in [5.74, 6) is -6.28. The van der Waals surface area contributed by atoms with Crippen molar-refractivity contribution < 1.29 is 75.4 Å². The van der Waals surface area contributed by atoms with Crippen molar-refractivity contribution >= 4 is 92.8 Å². The fourth-order valence-electron chi connectivity index (χ4n) is 11.9. The molecule has 7 aromatic carbocycles. The fraction of sp³-hybridized carbons (Fsp3) is 0.247. The number of allylic oxidation sites excluding steroid dienone is 1. The standard InChI is InChI=1S/C77H74F2N8O14S3.HI/c1-92-39-41-95-48-98-68-60(78)44-59(63(79)69(68)99-49-96-42-40-93-2)67(74(91)100-66(51-21-9-4-10-22-51)52-23-11-5-12-24-52)101-85-104-47-57(82-76(104)84-77(54-26-13-6-14-27-54,55-28-15-7-16-29-55)56-30-17-8-18-31-56)43-62(88)83-64-71(89)87-65(73(90)97-45-50-33-35-58(94-3)36-34-50)53(46-102-72(64)87)25-20-38-86-61-32-19-37-81-70(61)103-75(86)80;/h4-37,44,47,64,66-67,72,75H,38-43,45-46,48-49,80H2,1-3H3,(H,82,84)(H,83,88);1H/t64-,67?,72?,75?,104?;/m0./s1. The van der Waals surface area contributed by atoms with Gasteiger partial charge in [-0.15, -0.1) is 35.7 Å². The van der Waals surface area contributed by atoms with Crippen LogP contribution in [0, 0.1) is 11.6 Å². The lowest BCUT2D eigenvalue weighted by Crippen LogP contribution is -2.70. The van der Waals surface area contributed by atoms with Gasteiger partial charge in [0.1, 0.15) is 45.5 Å². The number of hydrogen-bond acceptors (Lipinski definition) is 22. The number of nitrogens with zero attached hydrogens (tertiary/aromatic N) is 5. The lowest BCUT2D eigenvalue weighted by molar-refractivity contribution is -0.162. The smallest absolute Gasteiger partial charge is 0.355 e. The van der Waals surface area contributed by atoms with E-state index in [0.717, 1.165) is 33.5 Å². The number of rotatable bonds is 33. The third kappa shape index (κ3) is 18.1. The Bertz CT molecular complexity index is 4350. The van der Waals surface area contributed by atoms with Gasteiger partial charge in [-0.25, -0.2) is 33.2 Å². The predicted molar refractivity (Wildman–Crippen MR) is 405 cm³/mol. The third-order valence-electron chi connectivity index (χ3n) is 17.0. The summed E-state index contributed by atoms with van der Waals surface area (Å²) in [6.45, 7) is -0.558. The first-order valence-electron chi connectivity index (χ1n) is 33.0. The number of aliphatic imine (C=N–C) groups is 1. The summed E-state index contributed by atoms with van der Waals surface area (Å²) in [6, 6.07) is 56.7. The molecule has 1 fully saturated rings. The molecule has 5 atom stereocenters. The van der Waals surface area contributed by atoms with E-state index in [2.05, 4.69) is 15.6 Å². The Morgan fingerprint density at radius 2 is 1.35 bits per heavy atom. The number of nitrogens with two attached hydrogens (primary N) is 1. The van der Waals surface area contributed by atoms with E-state index in [1.54, 1.807) is 110 Å². The Labute approximate surface area is 633 Å². The molecule has 2 amide bonds.